The normalized spacial score (nSPS) is 22.5. The molecule has 0 aliphatic carbocycles. The van der Waals surface area contributed by atoms with Crippen molar-refractivity contribution in [1.29, 1.82) is 0 Å². The Labute approximate surface area is 141 Å². The molecule has 2 aromatic rings. The molecule has 7 heteroatoms. The van der Waals surface area contributed by atoms with Gasteiger partial charge in [-0.3, -0.25) is 0 Å². The van der Waals surface area contributed by atoms with Crippen LogP contribution in [0.5, 0.6) is 0 Å². The number of benzene rings is 1. The summed E-state index contributed by atoms with van der Waals surface area (Å²) in [5.74, 6) is 1.36. The van der Waals surface area contributed by atoms with Crippen molar-refractivity contribution < 1.29 is 14.0 Å². The molecule has 24 heavy (non-hydrogen) atoms. The van der Waals surface area contributed by atoms with Crippen molar-refractivity contribution in [2.24, 2.45) is 5.92 Å². The number of hydrogen-bond donors (Lipinski definition) is 1. The maximum Gasteiger partial charge on any atom is 0.214 e. The van der Waals surface area contributed by atoms with Gasteiger partial charge in [0.05, 0.1) is 26.2 Å². The maximum absolute atomic E-state index is 13.4. The van der Waals surface area contributed by atoms with Crippen LogP contribution in [0.1, 0.15) is 37.2 Å². The molecule has 2 heterocycles. The molecule has 1 N–H and O–H groups in total. The largest absolute Gasteiger partial charge is 0.383 e. The fourth-order valence-corrected chi connectivity index (χ4v) is 3.40. The summed E-state index contributed by atoms with van der Waals surface area (Å²) < 4.78 is 20.3. The van der Waals surface area contributed by atoms with E-state index in [9.17, 15) is 4.39 Å². The van der Waals surface area contributed by atoms with Gasteiger partial charge >= 0.3 is 0 Å². The van der Waals surface area contributed by atoms with Crippen LogP contribution in [0.25, 0.3) is 0 Å². The quantitative estimate of drug-likeness (QED) is 0.851. The number of likely N-dealkylation sites (tertiary alicyclic amines) is 1. The highest BCUT2D eigenvalue weighted by Gasteiger charge is 2.33. The molecule has 0 saturated carbocycles. The zero-order valence-electron chi connectivity index (χ0n) is 14.3. The first-order valence-electron chi connectivity index (χ1n) is 8.54. The first-order valence-corrected chi connectivity index (χ1v) is 8.54. The van der Waals surface area contributed by atoms with Gasteiger partial charge in [0.2, 0.25) is 5.82 Å². The summed E-state index contributed by atoms with van der Waals surface area (Å²) in [4.78, 5) is 1.44. The van der Waals surface area contributed by atoms with Crippen LogP contribution < -0.4 is 4.90 Å². The summed E-state index contributed by atoms with van der Waals surface area (Å²) in [6.45, 7) is 5.60. The van der Waals surface area contributed by atoms with E-state index in [1.165, 1.54) is 29.9 Å². The molecule has 1 aromatic carbocycles. The lowest BCUT2D eigenvalue weighted by molar-refractivity contribution is -0.932. The minimum Gasteiger partial charge on any atom is -0.383 e. The number of piperidine rings is 1. The topological polar surface area (TPSA) is 57.3 Å². The molecule has 1 fully saturated rings. The molecular weight excluding hydrogens is 309 g/mol. The van der Waals surface area contributed by atoms with Crippen molar-refractivity contribution in [2.75, 3.05) is 26.8 Å². The maximum atomic E-state index is 13.4. The summed E-state index contributed by atoms with van der Waals surface area (Å²) in [5.41, 5.74) is 1.05. The van der Waals surface area contributed by atoms with Crippen molar-refractivity contribution in [3.63, 3.8) is 0 Å². The number of nitrogens with one attached hydrogen (secondary N) is 1. The van der Waals surface area contributed by atoms with Crippen molar-refractivity contribution in [3.05, 3.63) is 41.5 Å². The van der Waals surface area contributed by atoms with Gasteiger partial charge in [-0.25, -0.2) is 9.07 Å². The standard InChI is InChI=1S/C17H24FN5O/c1-13-7-9-22(10-8-13)16(14-3-5-15(18)6-4-14)17-19-20-21-23(17)11-12-24-2/h3-6,13,16H,7-12H2,1-2H3/p+1/t16-/m0/s1. The fourth-order valence-electron chi connectivity index (χ4n) is 3.40. The van der Waals surface area contributed by atoms with E-state index >= 15 is 0 Å². The molecule has 0 unspecified atom stereocenters. The van der Waals surface area contributed by atoms with Crippen LogP contribution >= 0.6 is 0 Å². The molecule has 1 aliphatic heterocycles. The monoisotopic (exact) mass is 334 g/mol. The Morgan fingerprint density at radius 3 is 2.67 bits per heavy atom. The molecule has 1 saturated heterocycles. The molecule has 3 rings (SSSR count). The zero-order valence-corrected chi connectivity index (χ0v) is 14.3. The first-order chi connectivity index (χ1) is 11.7. The summed E-state index contributed by atoms with van der Waals surface area (Å²) in [5, 5.41) is 12.3. The highest BCUT2D eigenvalue weighted by molar-refractivity contribution is 5.23. The van der Waals surface area contributed by atoms with Crippen LogP contribution in [0.2, 0.25) is 0 Å². The van der Waals surface area contributed by atoms with E-state index in [2.05, 4.69) is 22.4 Å². The molecule has 0 bridgehead atoms. The van der Waals surface area contributed by atoms with Gasteiger partial charge in [0.1, 0.15) is 5.82 Å². The summed E-state index contributed by atoms with van der Waals surface area (Å²) in [6.07, 6.45) is 2.37. The van der Waals surface area contributed by atoms with Gasteiger partial charge in [-0.2, -0.15) is 0 Å². The number of aromatic nitrogens is 4. The first kappa shape index (κ1) is 17.0. The molecule has 1 aromatic heterocycles. The molecule has 6 nitrogen and oxygen atoms in total. The Hall–Kier alpha value is -1.86. The number of nitrogens with zero attached hydrogens (tertiary/aromatic N) is 4. The van der Waals surface area contributed by atoms with Crippen molar-refractivity contribution in [3.8, 4) is 0 Å². The van der Waals surface area contributed by atoms with Crippen molar-refractivity contribution in [1.82, 2.24) is 20.2 Å². The van der Waals surface area contributed by atoms with E-state index < -0.39 is 0 Å². The number of methoxy groups -OCH3 is 1. The van der Waals surface area contributed by atoms with Crippen molar-refractivity contribution >= 4 is 0 Å². The second kappa shape index (κ2) is 7.81. The fraction of sp³-hybridized carbons (Fsp3) is 0.588. The van der Waals surface area contributed by atoms with E-state index in [-0.39, 0.29) is 11.9 Å². The Bertz CT molecular complexity index is 637. The number of quaternary nitrogens is 1. The van der Waals surface area contributed by atoms with E-state index in [1.807, 2.05) is 16.8 Å². The molecule has 0 spiro atoms. The van der Waals surface area contributed by atoms with Gasteiger partial charge < -0.3 is 9.64 Å². The second-order valence-corrected chi connectivity index (χ2v) is 6.58. The van der Waals surface area contributed by atoms with Gasteiger partial charge in [0, 0.05) is 12.7 Å². The number of tetrazole rings is 1. The van der Waals surface area contributed by atoms with Gasteiger partial charge in [0.25, 0.3) is 0 Å². The molecule has 1 atom stereocenters. The van der Waals surface area contributed by atoms with Crippen LogP contribution in [-0.2, 0) is 11.3 Å². The molecule has 0 radical (unpaired) electrons. The average Bonchev–Trinajstić information content (AvgIpc) is 3.05. The van der Waals surface area contributed by atoms with Gasteiger partial charge in [-0.1, -0.05) is 6.92 Å². The Balaban J connectivity index is 1.92. The Morgan fingerprint density at radius 1 is 1.29 bits per heavy atom. The van der Waals surface area contributed by atoms with Crippen LogP contribution in [-0.4, -0.2) is 47.0 Å². The predicted molar refractivity (Wildman–Crippen MR) is 87.0 cm³/mol. The smallest absolute Gasteiger partial charge is 0.214 e. The number of rotatable bonds is 6. The number of ether oxygens (including phenoxy) is 1. The van der Waals surface area contributed by atoms with Gasteiger partial charge in [-0.15, -0.1) is 5.10 Å². The number of halogens is 1. The highest BCUT2D eigenvalue weighted by atomic mass is 19.1. The van der Waals surface area contributed by atoms with Crippen LogP contribution in [0.4, 0.5) is 4.39 Å². The summed E-state index contributed by atoms with van der Waals surface area (Å²) in [7, 11) is 1.67. The molecule has 1 aliphatic rings. The predicted octanol–water partition coefficient (Wildman–Crippen LogP) is 0.863. The van der Waals surface area contributed by atoms with E-state index in [1.54, 1.807) is 7.11 Å². The third kappa shape index (κ3) is 3.79. The van der Waals surface area contributed by atoms with Gasteiger partial charge in [0.15, 0.2) is 6.04 Å². The van der Waals surface area contributed by atoms with E-state index in [0.29, 0.717) is 13.2 Å². The second-order valence-electron chi connectivity index (χ2n) is 6.58. The number of hydrogen-bond acceptors (Lipinski definition) is 4. The summed E-state index contributed by atoms with van der Waals surface area (Å²) >= 11 is 0. The molecular formula is C17H25FN5O+. The van der Waals surface area contributed by atoms with Crippen LogP contribution in [0, 0.1) is 11.7 Å². The summed E-state index contributed by atoms with van der Waals surface area (Å²) in [6, 6.07) is 6.74. The lowest BCUT2D eigenvalue weighted by atomic mass is 9.95. The van der Waals surface area contributed by atoms with Crippen molar-refractivity contribution in [2.45, 2.75) is 32.4 Å². The average molecular weight is 334 g/mol. The molecule has 130 valence electrons. The molecule has 0 amide bonds. The van der Waals surface area contributed by atoms with Crippen LogP contribution in [0.3, 0.4) is 0 Å². The lowest BCUT2D eigenvalue weighted by Gasteiger charge is -2.33. The third-order valence-electron chi connectivity index (χ3n) is 4.85. The minimum atomic E-state index is -0.223. The zero-order chi connectivity index (χ0) is 16.9. The van der Waals surface area contributed by atoms with E-state index in [4.69, 9.17) is 4.74 Å². The Kier molecular flexibility index (Phi) is 5.52. The lowest BCUT2D eigenvalue weighted by Crippen LogP contribution is -3.13. The van der Waals surface area contributed by atoms with E-state index in [0.717, 1.165) is 30.4 Å². The minimum absolute atomic E-state index is 0.0185. The highest BCUT2D eigenvalue weighted by Crippen LogP contribution is 2.19. The third-order valence-corrected chi connectivity index (χ3v) is 4.85. The SMILES string of the molecule is COCCn1nnnc1[C@H](c1ccc(F)cc1)[NH+]1CCC(C)CC1. The van der Waals surface area contributed by atoms with Crippen LogP contribution in [0.15, 0.2) is 24.3 Å². The Morgan fingerprint density at radius 2 is 2.00 bits per heavy atom. The van der Waals surface area contributed by atoms with Gasteiger partial charge in [-0.05, 0) is 53.5 Å².